The summed E-state index contributed by atoms with van der Waals surface area (Å²) >= 11 is 0. The number of furan rings is 1. The van der Waals surface area contributed by atoms with Gasteiger partial charge in [-0.2, -0.15) is 0 Å². The minimum Gasteiger partial charge on any atom is -0.465 e. The molecule has 3 heteroatoms. The maximum Gasteiger partial charge on any atom is 0.121 e. The summed E-state index contributed by atoms with van der Waals surface area (Å²) in [6, 6.07) is 5.84. The first-order chi connectivity index (χ1) is 10.1. The smallest absolute Gasteiger partial charge is 0.121 e. The number of hydrogen-bond donors (Lipinski definition) is 1. The van der Waals surface area contributed by atoms with E-state index in [1.807, 2.05) is 6.92 Å². The predicted molar refractivity (Wildman–Crippen MR) is 86.4 cm³/mol. The van der Waals surface area contributed by atoms with Crippen molar-refractivity contribution in [1.29, 1.82) is 0 Å². The predicted octanol–water partition coefficient (Wildman–Crippen LogP) is 3.89. The minimum atomic E-state index is 0.377. The number of hydrogen-bond acceptors (Lipinski definition) is 3. The highest BCUT2D eigenvalue weighted by Crippen LogP contribution is 2.31. The molecule has 0 spiro atoms. The molecule has 21 heavy (non-hydrogen) atoms. The molecule has 3 nitrogen and oxygen atoms in total. The van der Waals surface area contributed by atoms with Gasteiger partial charge in [0.05, 0.1) is 6.04 Å². The summed E-state index contributed by atoms with van der Waals surface area (Å²) in [6.07, 6.45) is 7.10. The average molecular weight is 290 g/mol. The Labute approximate surface area is 129 Å². The first-order valence-corrected chi connectivity index (χ1v) is 8.70. The van der Waals surface area contributed by atoms with Crippen molar-refractivity contribution in [2.45, 2.75) is 71.0 Å². The minimum absolute atomic E-state index is 0.377. The molecule has 1 saturated heterocycles. The zero-order valence-electron chi connectivity index (χ0n) is 13.8. The molecular weight excluding hydrogens is 260 g/mol. The molecule has 3 rings (SSSR count). The van der Waals surface area contributed by atoms with Crippen molar-refractivity contribution in [2.24, 2.45) is 5.92 Å². The Morgan fingerprint density at radius 2 is 2.00 bits per heavy atom. The van der Waals surface area contributed by atoms with Gasteiger partial charge >= 0.3 is 0 Å². The van der Waals surface area contributed by atoms with E-state index in [1.165, 1.54) is 32.1 Å². The molecule has 3 unspecified atom stereocenters. The van der Waals surface area contributed by atoms with E-state index in [-0.39, 0.29) is 0 Å². The van der Waals surface area contributed by atoms with Crippen LogP contribution in [0.2, 0.25) is 0 Å². The Morgan fingerprint density at radius 3 is 2.67 bits per heavy atom. The van der Waals surface area contributed by atoms with Crippen LogP contribution < -0.4 is 5.32 Å². The second kappa shape index (κ2) is 6.53. The fourth-order valence-electron chi connectivity index (χ4n) is 4.14. The van der Waals surface area contributed by atoms with Crippen LogP contribution in [0.3, 0.4) is 0 Å². The standard InChI is InChI=1S/C18H30N2O/c1-13-11-19-17(16-7-5-4-6-8-16)12-20(13)15(3)18-10-9-14(2)21-18/h9-10,13,15-17,19H,4-8,11-12H2,1-3H3. The Bertz CT molecular complexity index is 450. The summed E-state index contributed by atoms with van der Waals surface area (Å²) in [5, 5.41) is 3.81. The molecule has 1 aliphatic heterocycles. The van der Waals surface area contributed by atoms with Crippen LogP contribution in [0.25, 0.3) is 0 Å². The lowest BCUT2D eigenvalue weighted by molar-refractivity contribution is 0.0632. The molecule has 0 bridgehead atoms. The van der Waals surface area contributed by atoms with Crippen molar-refractivity contribution >= 4 is 0 Å². The van der Waals surface area contributed by atoms with Crippen LogP contribution in [0.4, 0.5) is 0 Å². The van der Waals surface area contributed by atoms with Crippen molar-refractivity contribution in [2.75, 3.05) is 13.1 Å². The van der Waals surface area contributed by atoms with Crippen molar-refractivity contribution in [1.82, 2.24) is 10.2 Å². The maximum atomic E-state index is 5.87. The van der Waals surface area contributed by atoms with Crippen LogP contribution in [-0.2, 0) is 0 Å². The number of aryl methyl sites for hydroxylation is 1. The van der Waals surface area contributed by atoms with Crippen molar-refractivity contribution in [3.8, 4) is 0 Å². The van der Waals surface area contributed by atoms with Gasteiger partial charge in [-0.25, -0.2) is 0 Å². The Morgan fingerprint density at radius 1 is 1.24 bits per heavy atom. The monoisotopic (exact) mass is 290 g/mol. The molecule has 2 fully saturated rings. The van der Waals surface area contributed by atoms with Gasteiger partial charge in [0.2, 0.25) is 0 Å². The number of piperazine rings is 1. The first-order valence-electron chi connectivity index (χ1n) is 8.70. The molecule has 118 valence electrons. The lowest BCUT2D eigenvalue weighted by Crippen LogP contribution is -2.58. The summed E-state index contributed by atoms with van der Waals surface area (Å²) in [7, 11) is 0. The van der Waals surface area contributed by atoms with Gasteiger partial charge in [0, 0.05) is 25.2 Å². The van der Waals surface area contributed by atoms with E-state index in [4.69, 9.17) is 4.42 Å². The summed E-state index contributed by atoms with van der Waals surface area (Å²) in [6.45, 7) is 8.91. The maximum absolute atomic E-state index is 5.87. The number of nitrogens with zero attached hydrogens (tertiary/aromatic N) is 1. The molecule has 3 atom stereocenters. The zero-order valence-corrected chi connectivity index (χ0v) is 13.8. The highest BCUT2D eigenvalue weighted by Gasteiger charge is 2.34. The summed E-state index contributed by atoms with van der Waals surface area (Å²) in [5.41, 5.74) is 0. The van der Waals surface area contributed by atoms with E-state index in [0.29, 0.717) is 18.1 Å². The Balaban J connectivity index is 1.68. The fraction of sp³-hybridized carbons (Fsp3) is 0.778. The summed E-state index contributed by atoms with van der Waals surface area (Å²) in [5.74, 6) is 3.01. The lowest BCUT2D eigenvalue weighted by Gasteiger charge is -2.45. The topological polar surface area (TPSA) is 28.4 Å². The zero-order chi connectivity index (χ0) is 14.8. The number of nitrogens with one attached hydrogen (secondary N) is 1. The van der Waals surface area contributed by atoms with Crippen LogP contribution in [0.1, 0.15) is 63.5 Å². The third-order valence-electron chi connectivity index (χ3n) is 5.54. The van der Waals surface area contributed by atoms with Crippen LogP contribution in [-0.4, -0.2) is 30.1 Å². The average Bonchev–Trinajstić information content (AvgIpc) is 2.94. The van der Waals surface area contributed by atoms with Crippen molar-refractivity contribution < 1.29 is 4.42 Å². The van der Waals surface area contributed by atoms with E-state index in [0.717, 1.165) is 30.5 Å². The van der Waals surface area contributed by atoms with Gasteiger partial charge in [0.1, 0.15) is 11.5 Å². The molecule has 0 aromatic carbocycles. The van der Waals surface area contributed by atoms with E-state index in [9.17, 15) is 0 Å². The highest BCUT2D eigenvalue weighted by atomic mass is 16.3. The molecule has 2 aliphatic rings. The highest BCUT2D eigenvalue weighted by molar-refractivity contribution is 5.10. The summed E-state index contributed by atoms with van der Waals surface area (Å²) in [4.78, 5) is 2.63. The van der Waals surface area contributed by atoms with Gasteiger partial charge in [0.25, 0.3) is 0 Å². The fourth-order valence-corrected chi connectivity index (χ4v) is 4.14. The molecule has 0 amide bonds. The van der Waals surface area contributed by atoms with Gasteiger partial charge in [-0.15, -0.1) is 0 Å². The SMILES string of the molecule is Cc1ccc(C(C)N2CC(C3CCCCC3)NCC2C)o1. The molecule has 1 N–H and O–H groups in total. The number of rotatable bonds is 3. The largest absolute Gasteiger partial charge is 0.465 e. The van der Waals surface area contributed by atoms with Gasteiger partial charge in [-0.3, -0.25) is 4.90 Å². The molecular formula is C18H30N2O. The second-order valence-electron chi connectivity index (χ2n) is 7.08. The molecule has 1 saturated carbocycles. The van der Waals surface area contributed by atoms with Crippen molar-refractivity contribution in [3.63, 3.8) is 0 Å². The van der Waals surface area contributed by atoms with E-state index < -0.39 is 0 Å². The summed E-state index contributed by atoms with van der Waals surface area (Å²) < 4.78 is 5.87. The molecule has 1 aromatic rings. The van der Waals surface area contributed by atoms with Crippen LogP contribution in [0.15, 0.2) is 16.5 Å². The van der Waals surface area contributed by atoms with Gasteiger partial charge < -0.3 is 9.73 Å². The van der Waals surface area contributed by atoms with Gasteiger partial charge in [0.15, 0.2) is 0 Å². The lowest BCUT2D eigenvalue weighted by atomic mass is 9.82. The van der Waals surface area contributed by atoms with E-state index >= 15 is 0 Å². The van der Waals surface area contributed by atoms with Gasteiger partial charge in [-0.05, 0) is 51.7 Å². The van der Waals surface area contributed by atoms with Crippen LogP contribution in [0.5, 0.6) is 0 Å². The normalized spacial score (nSPS) is 30.4. The molecule has 2 heterocycles. The third kappa shape index (κ3) is 3.35. The third-order valence-corrected chi connectivity index (χ3v) is 5.54. The van der Waals surface area contributed by atoms with E-state index in [1.54, 1.807) is 0 Å². The molecule has 0 radical (unpaired) electrons. The van der Waals surface area contributed by atoms with E-state index in [2.05, 4.69) is 36.2 Å². The van der Waals surface area contributed by atoms with Crippen molar-refractivity contribution in [3.05, 3.63) is 23.7 Å². The Hall–Kier alpha value is -0.800. The molecule has 1 aromatic heterocycles. The quantitative estimate of drug-likeness (QED) is 0.915. The Kier molecular flexibility index (Phi) is 4.70. The first kappa shape index (κ1) is 15.1. The van der Waals surface area contributed by atoms with Crippen LogP contribution >= 0.6 is 0 Å². The van der Waals surface area contributed by atoms with Gasteiger partial charge in [-0.1, -0.05) is 19.3 Å². The molecule has 1 aliphatic carbocycles. The van der Waals surface area contributed by atoms with Crippen LogP contribution in [0, 0.1) is 12.8 Å². The second-order valence-corrected chi connectivity index (χ2v) is 7.08.